The van der Waals surface area contributed by atoms with Gasteiger partial charge in [0.05, 0.1) is 28.1 Å². The van der Waals surface area contributed by atoms with Gasteiger partial charge in [0.1, 0.15) is 5.82 Å². The Labute approximate surface area is 237 Å². The normalized spacial score (nSPS) is 11.4. The van der Waals surface area contributed by atoms with E-state index in [1.807, 2.05) is 42.7 Å². The number of fused-ring (bicyclic) bond motifs is 4. The number of hydrogen-bond donors (Lipinski definition) is 0. The van der Waals surface area contributed by atoms with Crippen molar-refractivity contribution < 1.29 is 0 Å². The molecule has 192 valence electrons. The topological polar surface area (TPSA) is 43.6 Å². The summed E-state index contributed by atoms with van der Waals surface area (Å²) in [6, 6.07) is 46.4. The third-order valence-electron chi connectivity index (χ3n) is 7.71. The summed E-state index contributed by atoms with van der Waals surface area (Å²) in [4.78, 5) is 14.5. The van der Waals surface area contributed by atoms with Crippen LogP contribution in [0.5, 0.6) is 0 Å². The molecule has 4 heterocycles. The van der Waals surface area contributed by atoms with E-state index in [0.717, 1.165) is 50.3 Å². The second kappa shape index (κ2) is 9.54. The van der Waals surface area contributed by atoms with Crippen molar-refractivity contribution in [3.63, 3.8) is 0 Å². The van der Waals surface area contributed by atoms with Crippen LogP contribution in [-0.2, 0) is 0 Å². The van der Waals surface area contributed by atoms with Gasteiger partial charge in [0.2, 0.25) is 0 Å². The minimum absolute atomic E-state index is 0.831. The molecule has 0 saturated heterocycles. The van der Waals surface area contributed by atoms with Gasteiger partial charge in [-0.15, -0.1) is 0 Å². The van der Waals surface area contributed by atoms with Crippen LogP contribution in [0.4, 0.5) is 0 Å². The molecule has 4 aromatic heterocycles. The molecule has 0 amide bonds. The van der Waals surface area contributed by atoms with Crippen LogP contribution in [0.25, 0.3) is 72.2 Å². The summed E-state index contributed by atoms with van der Waals surface area (Å²) in [7, 11) is 0. The van der Waals surface area contributed by atoms with Crippen LogP contribution < -0.4 is 0 Å². The highest BCUT2D eigenvalue weighted by Crippen LogP contribution is 2.32. The van der Waals surface area contributed by atoms with Crippen molar-refractivity contribution in [2.75, 3.05) is 0 Å². The minimum Gasteiger partial charge on any atom is -0.294 e. The van der Waals surface area contributed by atoms with Crippen molar-refractivity contribution in [1.29, 1.82) is 0 Å². The average Bonchev–Trinajstić information content (AvgIpc) is 3.39. The van der Waals surface area contributed by atoms with E-state index in [0.29, 0.717) is 0 Å². The number of nitrogens with zero attached hydrogens (tertiary/aromatic N) is 4. The summed E-state index contributed by atoms with van der Waals surface area (Å²) in [5.74, 6) is 0.854. The van der Waals surface area contributed by atoms with Gasteiger partial charge < -0.3 is 0 Å². The lowest BCUT2D eigenvalue weighted by Crippen LogP contribution is -1.99. The third kappa shape index (κ3) is 4.05. The summed E-state index contributed by atoms with van der Waals surface area (Å²) in [6.07, 6.45) is 3.76. The largest absolute Gasteiger partial charge is 0.294 e. The van der Waals surface area contributed by atoms with E-state index in [2.05, 4.69) is 113 Å². The summed E-state index contributed by atoms with van der Waals surface area (Å²) >= 11 is 0. The summed E-state index contributed by atoms with van der Waals surface area (Å²) in [6.45, 7) is 0. The Morgan fingerprint density at radius 3 is 2.02 bits per heavy atom. The predicted molar refractivity (Wildman–Crippen MR) is 168 cm³/mol. The van der Waals surface area contributed by atoms with Crippen LogP contribution in [0.2, 0.25) is 0 Å². The van der Waals surface area contributed by atoms with E-state index in [-0.39, 0.29) is 0 Å². The fourth-order valence-corrected chi connectivity index (χ4v) is 5.69. The molecule has 0 aliphatic carbocycles. The van der Waals surface area contributed by atoms with E-state index in [1.165, 1.54) is 21.9 Å². The lowest BCUT2D eigenvalue weighted by atomic mass is 9.99. The van der Waals surface area contributed by atoms with Gasteiger partial charge in [-0.3, -0.25) is 9.55 Å². The zero-order valence-electron chi connectivity index (χ0n) is 22.1. The van der Waals surface area contributed by atoms with E-state index < -0.39 is 0 Å². The maximum absolute atomic E-state index is 5.08. The number of para-hydroxylation sites is 1. The second-order valence-electron chi connectivity index (χ2n) is 10.2. The smallest absolute Gasteiger partial charge is 0.138 e. The van der Waals surface area contributed by atoms with Crippen molar-refractivity contribution in [3.8, 4) is 39.6 Å². The Morgan fingerprint density at radius 2 is 1.12 bits per heavy atom. The lowest BCUT2D eigenvalue weighted by molar-refractivity contribution is 1.08. The zero-order valence-corrected chi connectivity index (χ0v) is 22.1. The first-order valence-electron chi connectivity index (χ1n) is 13.7. The molecule has 0 aliphatic rings. The maximum atomic E-state index is 5.08. The molecule has 4 aromatic carbocycles. The Hall–Kier alpha value is -5.61. The minimum atomic E-state index is 0.831. The van der Waals surface area contributed by atoms with Gasteiger partial charge in [-0.2, -0.15) is 0 Å². The van der Waals surface area contributed by atoms with Gasteiger partial charge >= 0.3 is 0 Å². The molecule has 0 unspecified atom stereocenters. The van der Waals surface area contributed by atoms with Crippen LogP contribution >= 0.6 is 0 Å². The first kappa shape index (κ1) is 23.3. The lowest BCUT2D eigenvalue weighted by Gasteiger charge is -2.10. The fraction of sp³-hybridized carbons (Fsp3) is 0. The van der Waals surface area contributed by atoms with Crippen molar-refractivity contribution in [3.05, 3.63) is 146 Å². The molecule has 4 heteroatoms. The van der Waals surface area contributed by atoms with Crippen molar-refractivity contribution >= 4 is 32.6 Å². The first-order valence-corrected chi connectivity index (χ1v) is 13.7. The standard InChI is InChI=1S/C37H24N4/c1-2-8-28-23-29(20-17-25(28)7-1)26-15-18-27(19-16-26)32-10-5-11-33(39-32)34-12-6-14-37(40-34)41-35-13-4-3-9-30(35)31-24-38-22-21-36(31)41/h1-24H. The SMILES string of the molecule is c1cc(-c2ccc(-c3ccc4ccccc4c3)cc2)nc(-c2cccc(-n3c4ccccc4c4cnccc43)n2)c1. The summed E-state index contributed by atoms with van der Waals surface area (Å²) in [5, 5.41) is 4.77. The van der Waals surface area contributed by atoms with E-state index in [1.54, 1.807) is 0 Å². The summed E-state index contributed by atoms with van der Waals surface area (Å²) < 4.78 is 2.20. The van der Waals surface area contributed by atoms with Crippen LogP contribution in [-0.4, -0.2) is 19.5 Å². The van der Waals surface area contributed by atoms with E-state index in [9.17, 15) is 0 Å². The van der Waals surface area contributed by atoms with Gasteiger partial charge in [-0.05, 0) is 64.4 Å². The van der Waals surface area contributed by atoms with Crippen LogP contribution in [0.1, 0.15) is 0 Å². The molecule has 8 aromatic rings. The third-order valence-corrected chi connectivity index (χ3v) is 7.71. The Balaban J connectivity index is 1.15. The number of hydrogen-bond acceptors (Lipinski definition) is 3. The number of benzene rings is 4. The summed E-state index contributed by atoms with van der Waals surface area (Å²) in [5.41, 5.74) is 8.24. The molecule has 0 atom stereocenters. The highest BCUT2D eigenvalue weighted by Gasteiger charge is 2.14. The highest BCUT2D eigenvalue weighted by atomic mass is 15.1. The van der Waals surface area contributed by atoms with Crippen LogP contribution in [0, 0.1) is 0 Å². The molecule has 0 radical (unpaired) electrons. The van der Waals surface area contributed by atoms with Crippen LogP contribution in [0.3, 0.4) is 0 Å². The molecular weight excluding hydrogens is 500 g/mol. The van der Waals surface area contributed by atoms with Gasteiger partial charge in [0, 0.05) is 28.7 Å². The molecule has 8 rings (SSSR count). The molecule has 0 saturated carbocycles. The predicted octanol–water partition coefficient (Wildman–Crippen LogP) is 9.12. The number of pyridine rings is 3. The quantitative estimate of drug-likeness (QED) is 0.231. The number of aromatic nitrogens is 4. The fourth-order valence-electron chi connectivity index (χ4n) is 5.69. The number of rotatable bonds is 4. The Bertz CT molecular complexity index is 2160. The van der Waals surface area contributed by atoms with Gasteiger partial charge in [0.25, 0.3) is 0 Å². The maximum Gasteiger partial charge on any atom is 0.138 e. The molecule has 0 spiro atoms. The molecule has 0 bridgehead atoms. The van der Waals surface area contributed by atoms with Crippen molar-refractivity contribution in [1.82, 2.24) is 19.5 Å². The molecule has 0 fully saturated rings. The average molecular weight is 525 g/mol. The molecular formula is C37H24N4. The van der Waals surface area contributed by atoms with E-state index in [4.69, 9.17) is 9.97 Å². The van der Waals surface area contributed by atoms with Gasteiger partial charge in [-0.25, -0.2) is 9.97 Å². The second-order valence-corrected chi connectivity index (χ2v) is 10.2. The first-order chi connectivity index (χ1) is 20.3. The van der Waals surface area contributed by atoms with Crippen molar-refractivity contribution in [2.24, 2.45) is 0 Å². The highest BCUT2D eigenvalue weighted by molar-refractivity contribution is 6.08. The Kier molecular flexibility index (Phi) is 5.42. The van der Waals surface area contributed by atoms with Crippen molar-refractivity contribution in [2.45, 2.75) is 0 Å². The van der Waals surface area contributed by atoms with Crippen LogP contribution in [0.15, 0.2) is 146 Å². The Morgan fingerprint density at radius 1 is 0.439 bits per heavy atom. The van der Waals surface area contributed by atoms with Gasteiger partial charge in [-0.1, -0.05) is 91.0 Å². The zero-order chi connectivity index (χ0) is 27.2. The van der Waals surface area contributed by atoms with E-state index >= 15 is 0 Å². The molecule has 0 aliphatic heterocycles. The van der Waals surface area contributed by atoms with Gasteiger partial charge in [0.15, 0.2) is 0 Å². The monoisotopic (exact) mass is 524 g/mol. The molecule has 4 nitrogen and oxygen atoms in total. The molecule has 41 heavy (non-hydrogen) atoms. The molecule has 0 N–H and O–H groups in total.